The molecule has 0 fully saturated rings. The fourth-order valence-electron chi connectivity index (χ4n) is 1.98. The van der Waals surface area contributed by atoms with Crippen molar-refractivity contribution in [3.05, 3.63) is 65.2 Å². The molecule has 104 valence electrons. The predicted octanol–water partition coefficient (Wildman–Crippen LogP) is 4.46. The van der Waals surface area contributed by atoms with Gasteiger partial charge in [-0.1, -0.05) is 64.0 Å². The Bertz CT molecular complexity index is 578. The molecule has 0 aliphatic rings. The van der Waals surface area contributed by atoms with Crippen molar-refractivity contribution in [1.82, 2.24) is 0 Å². The van der Waals surface area contributed by atoms with Crippen molar-refractivity contribution in [3.8, 4) is 0 Å². The molecule has 0 saturated heterocycles. The summed E-state index contributed by atoms with van der Waals surface area (Å²) in [6.45, 7) is 2.06. The number of hydrogen-bond acceptors (Lipinski definition) is 1. The van der Waals surface area contributed by atoms with E-state index in [4.69, 9.17) is 0 Å². The third kappa shape index (κ3) is 4.20. The largest absolute Gasteiger partial charge is 0.326 e. The van der Waals surface area contributed by atoms with Gasteiger partial charge in [0.15, 0.2) is 0 Å². The number of anilines is 1. The van der Waals surface area contributed by atoms with Gasteiger partial charge in [0, 0.05) is 17.4 Å². The van der Waals surface area contributed by atoms with Crippen molar-refractivity contribution in [2.45, 2.75) is 25.1 Å². The average Bonchev–Trinajstić information content (AvgIpc) is 2.47. The Kier molecular flexibility index (Phi) is 5.36. The summed E-state index contributed by atoms with van der Waals surface area (Å²) in [5, 5.41) is 3.71. The van der Waals surface area contributed by atoms with Gasteiger partial charge >= 0.3 is 0 Å². The van der Waals surface area contributed by atoms with Crippen molar-refractivity contribution in [2.75, 3.05) is 5.32 Å². The van der Waals surface area contributed by atoms with Gasteiger partial charge in [-0.3, -0.25) is 4.79 Å². The zero-order chi connectivity index (χ0) is 14.4. The van der Waals surface area contributed by atoms with Gasteiger partial charge in [-0.15, -0.1) is 0 Å². The van der Waals surface area contributed by atoms with E-state index >= 15 is 0 Å². The Labute approximate surface area is 128 Å². The molecule has 0 aliphatic heterocycles. The first kappa shape index (κ1) is 14.8. The standard InChI is InChI=1S/C17H18BrNO/c1-13-6-8-14(9-7-13)10-11-17(20)19-16-5-3-2-4-15(16)12-18/h2-9H,10-12H2,1H3,(H,19,20). The maximum absolute atomic E-state index is 12.0. The lowest BCUT2D eigenvalue weighted by atomic mass is 10.1. The van der Waals surface area contributed by atoms with Crippen LogP contribution in [0.25, 0.3) is 0 Å². The van der Waals surface area contributed by atoms with Crippen molar-refractivity contribution in [1.29, 1.82) is 0 Å². The molecule has 3 heteroatoms. The molecule has 2 rings (SSSR count). The van der Waals surface area contributed by atoms with Crippen molar-refractivity contribution in [2.24, 2.45) is 0 Å². The summed E-state index contributed by atoms with van der Waals surface area (Å²) in [6.07, 6.45) is 1.27. The molecule has 2 aromatic carbocycles. The Morgan fingerprint density at radius 1 is 1.10 bits per heavy atom. The van der Waals surface area contributed by atoms with Crippen LogP contribution in [0.4, 0.5) is 5.69 Å². The number of carbonyl (C=O) groups is 1. The number of nitrogens with one attached hydrogen (secondary N) is 1. The van der Waals surface area contributed by atoms with E-state index in [1.807, 2.05) is 24.3 Å². The molecule has 0 atom stereocenters. The lowest BCUT2D eigenvalue weighted by Crippen LogP contribution is -2.13. The van der Waals surface area contributed by atoms with Crippen molar-refractivity contribution in [3.63, 3.8) is 0 Å². The molecule has 1 amide bonds. The Hall–Kier alpha value is -1.61. The summed E-state index contributed by atoms with van der Waals surface area (Å²) in [4.78, 5) is 12.0. The number of carbonyl (C=O) groups excluding carboxylic acids is 1. The predicted molar refractivity (Wildman–Crippen MR) is 87.2 cm³/mol. The SMILES string of the molecule is Cc1ccc(CCC(=O)Nc2ccccc2CBr)cc1. The van der Waals surface area contributed by atoms with Gasteiger partial charge in [-0.25, -0.2) is 0 Å². The second kappa shape index (κ2) is 7.25. The van der Waals surface area contributed by atoms with Crippen molar-refractivity contribution < 1.29 is 4.79 Å². The lowest BCUT2D eigenvalue weighted by Gasteiger charge is -2.09. The summed E-state index contributed by atoms with van der Waals surface area (Å²) >= 11 is 3.43. The highest BCUT2D eigenvalue weighted by Crippen LogP contribution is 2.18. The maximum Gasteiger partial charge on any atom is 0.224 e. The minimum absolute atomic E-state index is 0.0546. The van der Waals surface area contributed by atoms with E-state index in [1.54, 1.807) is 0 Å². The number of benzene rings is 2. The number of alkyl halides is 1. The monoisotopic (exact) mass is 331 g/mol. The number of rotatable bonds is 5. The van der Waals surface area contributed by atoms with Crippen LogP contribution >= 0.6 is 15.9 Å². The minimum Gasteiger partial charge on any atom is -0.326 e. The van der Waals surface area contributed by atoms with Crippen LogP contribution in [0.15, 0.2) is 48.5 Å². The van der Waals surface area contributed by atoms with Gasteiger partial charge in [0.1, 0.15) is 0 Å². The fraction of sp³-hybridized carbons (Fsp3) is 0.235. The van der Waals surface area contributed by atoms with Crippen LogP contribution in [0.3, 0.4) is 0 Å². The molecule has 0 aliphatic carbocycles. The van der Waals surface area contributed by atoms with Gasteiger partial charge < -0.3 is 5.32 Å². The van der Waals surface area contributed by atoms with Gasteiger partial charge in [0.2, 0.25) is 5.91 Å². The molecule has 1 N–H and O–H groups in total. The summed E-state index contributed by atoms with van der Waals surface area (Å²) in [5.74, 6) is 0.0546. The second-order valence-corrected chi connectivity index (χ2v) is 5.39. The summed E-state index contributed by atoms with van der Waals surface area (Å²) < 4.78 is 0. The second-order valence-electron chi connectivity index (χ2n) is 4.82. The first-order valence-electron chi connectivity index (χ1n) is 6.68. The molecule has 0 unspecified atom stereocenters. The highest BCUT2D eigenvalue weighted by Gasteiger charge is 2.06. The van der Waals surface area contributed by atoms with Gasteiger partial charge in [-0.05, 0) is 30.5 Å². The average molecular weight is 332 g/mol. The van der Waals surface area contributed by atoms with E-state index in [0.29, 0.717) is 6.42 Å². The maximum atomic E-state index is 12.0. The highest BCUT2D eigenvalue weighted by atomic mass is 79.9. The first-order valence-corrected chi connectivity index (χ1v) is 7.80. The molecule has 2 nitrogen and oxygen atoms in total. The molecule has 0 radical (unpaired) electrons. The molecule has 2 aromatic rings. The summed E-state index contributed by atoms with van der Waals surface area (Å²) in [6, 6.07) is 16.1. The van der Waals surface area contributed by atoms with Gasteiger partial charge in [0.25, 0.3) is 0 Å². The first-order chi connectivity index (χ1) is 9.69. The quantitative estimate of drug-likeness (QED) is 0.805. The molecule has 0 heterocycles. The van der Waals surface area contributed by atoms with Gasteiger partial charge in [0.05, 0.1) is 0 Å². The smallest absolute Gasteiger partial charge is 0.224 e. The van der Waals surface area contributed by atoms with Crippen LogP contribution in [0.2, 0.25) is 0 Å². The van der Waals surface area contributed by atoms with E-state index in [1.165, 1.54) is 11.1 Å². The molecule has 0 bridgehead atoms. The molecular weight excluding hydrogens is 314 g/mol. The number of amides is 1. The lowest BCUT2D eigenvalue weighted by molar-refractivity contribution is -0.116. The number of para-hydroxylation sites is 1. The summed E-state index contributed by atoms with van der Waals surface area (Å²) in [5.41, 5.74) is 4.42. The molecule has 0 aromatic heterocycles. The van der Waals surface area contributed by atoms with Gasteiger partial charge in [-0.2, -0.15) is 0 Å². The van der Waals surface area contributed by atoms with E-state index in [-0.39, 0.29) is 5.91 Å². The van der Waals surface area contributed by atoms with E-state index < -0.39 is 0 Å². The van der Waals surface area contributed by atoms with E-state index in [2.05, 4.69) is 52.4 Å². The Balaban J connectivity index is 1.91. The molecule has 0 spiro atoms. The molecule has 20 heavy (non-hydrogen) atoms. The summed E-state index contributed by atoms with van der Waals surface area (Å²) in [7, 11) is 0. The van der Waals surface area contributed by atoms with E-state index in [9.17, 15) is 4.79 Å². The van der Waals surface area contributed by atoms with E-state index in [0.717, 1.165) is 23.0 Å². The van der Waals surface area contributed by atoms with Crippen LogP contribution in [-0.4, -0.2) is 5.91 Å². The van der Waals surface area contributed by atoms with Crippen LogP contribution in [0, 0.1) is 6.92 Å². The third-order valence-corrected chi connectivity index (χ3v) is 3.80. The van der Waals surface area contributed by atoms with Crippen LogP contribution in [0.1, 0.15) is 23.1 Å². The third-order valence-electron chi connectivity index (χ3n) is 3.20. The minimum atomic E-state index is 0.0546. The van der Waals surface area contributed by atoms with Crippen molar-refractivity contribution >= 4 is 27.5 Å². The normalized spacial score (nSPS) is 10.3. The Morgan fingerprint density at radius 3 is 2.50 bits per heavy atom. The number of aryl methyl sites for hydroxylation is 2. The zero-order valence-electron chi connectivity index (χ0n) is 11.5. The highest BCUT2D eigenvalue weighted by molar-refractivity contribution is 9.08. The Morgan fingerprint density at radius 2 is 1.80 bits per heavy atom. The number of hydrogen-bond donors (Lipinski definition) is 1. The molecular formula is C17H18BrNO. The molecule has 0 saturated carbocycles. The topological polar surface area (TPSA) is 29.1 Å². The van der Waals surface area contributed by atoms with Crippen LogP contribution in [-0.2, 0) is 16.5 Å². The fourth-order valence-corrected chi connectivity index (χ4v) is 2.47. The van der Waals surface area contributed by atoms with Crippen LogP contribution in [0.5, 0.6) is 0 Å². The van der Waals surface area contributed by atoms with Crippen LogP contribution < -0.4 is 5.32 Å². The number of halogens is 1. The zero-order valence-corrected chi connectivity index (χ0v) is 13.1.